The van der Waals surface area contributed by atoms with Gasteiger partial charge in [0.15, 0.2) is 0 Å². The first kappa shape index (κ1) is 12.5. The summed E-state index contributed by atoms with van der Waals surface area (Å²) >= 11 is 1.46. The fourth-order valence-electron chi connectivity index (χ4n) is 1.68. The second-order valence-electron chi connectivity index (χ2n) is 4.04. The molecule has 1 aromatic carbocycles. The first-order chi connectivity index (χ1) is 9.63. The second kappa shape index (κ2) is 4.86. The summed E-state index contributed by atoms with van der Waals surface area (Å²) in [5.41, 5.74) is 0.751. The SMILES string of the molecule is Cc1ncc(-c2nnc(-c3cccc(C(=O)O)c3)o2)s1. The molecule has 0 fully saturated rings. The Labute approximate surface area is 117 Å². The van der Waals surface area contributed by atoms with Crippen LogP contribution in [-0.4, -0.2) is 26.3 Å². The molecule has 2 aromatic heterocycles. The number of benzene rings is 1. The fraction of sp³-hybridized carbons (Fsp3) is 0.0769. The minimum absolute atomic E-state index is 0.177. The maximum atomic E-state index is 10.9. The molecule has 2 heterocycles. The van der Waals surface area contributed by atoms with Gasteiger partial charge in [-0.1, -0.05) is 6.07 Å². The predicted molar refractivity (Wildman–Crippen MR) is 72.5 cm³/mol. The van der Waals surface area contributed by atoms with Gasteiger partial charge in [0.2, 0.25) is 5.89 Å². The van der Waals surface area contributed by atoms with Crippen LogP contribution in [0.1, 0.15) is 15.4 Å². The number of aromatic nitrogens is 3. The van der Waals surface area contributed by atoms with Gasteiger partial charge < -0.3 is 9.52 Å². The Kier molecular flexibility index (Phi) is 3.03. The highest BCUT2D eigenvalue weighted by molar-refractivity contribution is 7.14. The van der Waals surface area contributed by atoms with E-state index in [0.717, 1.165) is 9.88 Å². The largest absolute Gasteiger partial charge is 0.478 e. The summed E-state index contributed by atoms with van der Waals surface area (Å²) in [6, 6.07) is 6.37. The number of rotatable bonds is 3. The van der Waals surface area contributed by atoms with Gasteiger partial charge >= 0.3 is 5.97 Å². The molecule has 0 bridgehead atoms. The van der Waals surface area contributed by atoms with Gasteiger partial charge in [0.1, 0.15) is 4.88 Å². The molecule has 0 aliphatic carbocycles. The summed E-state index contributed by atoms with van der Waals surface area (Å²) in [4.78, 5) is 15.9. The normalized spacial score (nSPS) is 10.7. The molecule has 3 rings (SSSR count). The van der Waals surface area contributed by atoms with Gasteiger partial charge in [-0.05, 0) is 25.1 Å². The molecule has 0 unspecified atom stereocenters. The van der Waals surface area contributed by atoms with E-state index in [0.29, 0.717) is 11.5 Å². The summed E-state index contributed by atoms with van der Waals surface area (Å²) in [7, 11) is 0. The Hall–Kier alpha value is -2.54. The molecule has 0 atom stereocenters. The van der Waals surface area contributed by atoms with Gasteiger partial charge in [0.05, 0.1) is 16.8 Å². The minimum Gasteiger partial charge on any atom is -0.478 e. The monoisotopic (exact) mass is 287 g/mol. The number of carboxylic acids is 1. The lowest BCUT2D eigenvalue weighted by Crippen LogP contribution is -1.95. The van der Waals surface area contributed by atoms with Crippen LogP contribution in [0, 0.1) is 6.92 Å². The summed E-state index contributed by atoms with van der Waals surface area (Å²) in [6.45, 7) is 1.89. The van der Waals surface area contributed by atoms with Gasteiger partial charge in [-0.25, -0.2) is 9.78 Å². The minimum atomic E-state index is -0.996. The molecule has 1 N–H and O–H groups in total. The predicted octanol–water partition coefficient (Wildman–Crippen LogP) is 2.87. The lowest BCUT2D eigenvalue weighted by atomic mass is 10.1. The summed E-state index contributed by atoms with van der Waals surface area (Å²) < 4.78 is 5.56. The van der Waals surface area contributed by atoms with Crippen molar-refractivity contribution in [3.8, 4) is 22.2 Å². The van der Waals surface area contributed by atoms with Gasteiger partial charge in [0.25, 0.3) is 5.89 Å². The topological polar surface area (TPSA) is 89.1 Å². The molecular formula is C13H9N3O3S. The molecule has 20 heavy (non-hydrogen) atoms. The van der Waals surface area contributed by atoms with E-state index in [9.17, 15) is 4.79 Å². The van der Waals surface area contributed by atoms with Crippen LogP contribution in [0.25, 0.3) is 22.2 Å². The van der Waals surface area contributed by atoms with Gasteiger partial charge in [-0.3, -0.25) is 0 Å². The van der Waals surface area contributed by atoms with E-state index in [4.69, 9.17) is 9.52 Å². The van der Waals surface area contributed by atoms with Gasteiger partial charge in [-0.15, -0.1) is 21.5 Å². The Bertz CT molecular complexity index is 779. The zero-order chi connectivity index (χ0) is 14.1. The highest BCUT2D eigenvalue weighted by Gasteiger charge is 2.13. The number of aromatic carboxylic acids is 1. The summed E-state index contributed by atoms with van der Waals surface area (Å²) in [5, 5.41) is 17.8. The first-order valence-electron chi connectivity index (χ1n) is 5.73. The molecule has 6 nitrogen and oxygen atoms in total. The zero-order valence-corrected chi connectivity index (χ0v) is 11.2. The number of hydrogen-bond acceptors (Lipinski definition) is 6. The molecule has 0 spiro atoms. The van der Waals surface area contributed by atoms with Crippen LogP contribution in [0.5, 0.6) is 0 Å². The van der Waals surface area contributed by atoms with Crippen LogP contribution < -0.4 is 0 Å². The van der Waals surface area contributed by atoms with Crippen LogP contribution in [0.2, 0.25) is 0 Å². The molecular weight excluding hydrogens is 278 g/mol. The van der Waals surface area contributed by atoms with Crippen molar-refractivity contribution in [2.45, 2.75) is 6.92 Å². The number of nitrogens with zero attached hydrogens (tertiary/aromatic N) is 3. The van der Waals surface area contributed by atoms with Crippen LogP contribution in [0.15, 0.2) is 34.9 Å². The fourth-order valence-corrected chi connectivity index (χ4v) is 2.38. The van der Waals surface area contributed by atoms with Crippen LogP contribution >= 0.6 is 11.3 Å². The van der Waals surface area contributed by atoms with Crippen LogP contribution in [-0.2, 0) is 0 Å². The van der Waals surface area contributed by atoms with Crippen LogP contribution in [0.4, 0.5) is 0 Å². The Balaban J connectivity index is 1.98. The smallest absolute Gasteiger partial charge is 0.335 e. The van der Waals surface area contributed by atoms with Crippen molar-refractivity contribution >= 4 is 17.3 Å². The van der Waals surface area contributed by atoms with E-state index in [1.807, 2.05) is 6.92 Å². The molecule has 0 aliphatic heterocycles. The Morgan fingerprint density at radius 3 is 2.80 bits per heavy atom. The third-order valence-corrected chi connectivity index (χ3v) is 3.51. The number of aryl methyl sites for hydroxylation is 1. The van der Waals surface area contributed by atoms with Crippen molar-refractivity contribution in [1.82, 2.24) is 15.2 Å². The maximum Gasteiger partial charge on any atom is 0.335 e. The number of thiazole rings is 1. The highest BCUT2D eigenvalue weighted by atomic mass is 32.1. The standard InChI is InChI=1S/C13H9N3O3S/c1-7-14-6-10(20-7)12-16-15-11(19-12)8-3-2-4-9(5-8)13(17)18/h2-6H,1H3,(H,17,18). The van der Waals surface area contributed by atoms with Crippen molar-refractivity contribution in [3.63, 3.8) is 0 Å². The molecule has 0 aliphatic rings. The molecule has 7 heteroatoms. The average Bonchev–Trinajstić information content (AvgIpc) is 3.07. The van der Waals surface area contributed by atoms with Crippen molar-refractivity contribution in [1.29, 1.82) is 0 Å². The quantitative estimate of drug-likeness (QED) is 0.796. The molecule has 100 valence electrons. The summed E-state index contributed by atoms with van der Waals surface area (Å²) in [5.74, 6) is -0.329. The van der Waals surface area contributed by atoms with Crippen LogP contribution in [0.3, 0.4) is 0 Å². The number of hydrogen-bond donors (Lipinski definition) is 1. The highest BCUT2D eigenvalue weighted by Crippen LogP contribution is 2.27. The van der Waals surface area contributed by atoms with E-state index in [1.165, 1.54) is 23.5 Å². The number of carbonyl (C=O) groups is 1. The maximum absolute atomic E-state index is 10.9. The number of carboxylic acid groups (broad SMARTS) is 1. The lowest BCUT2D eigenvalue weighted by molar-refractivity contribution is 0.0697. The van der Waals surface area contributed by atoms with E-state index in [2.05, 4.69) is 15.2 Å². The third-order valence-electron chi connectivity index (χ3n) is 2.61. The van der Waals surface area contributed by atoms with Crippen molar-refractivity contribution in [2.75, 3.05) is 0 Å². The Morgan fingerprint density at radius 2 is 2.10 bits per heavy atom. The van der Waals surface area contributed by atoms with Gasteiger partial charge in [-0.2, -0.15) is 0 Å². The third kappa shape index (κ3) is 2.30. The van der Waals surface area contributed by atoms with Crippen molar-refractivity contribution in [2.24, 2.45) is 0 Å². The average molecular weight is 287 g/mol. The van der Waals surface area contributed by atoms with E-state index in [1.54, 1.807) is 18.3 Å². The first-order valence-corrected chi connectivity index (χ1v) is 6.55. The Morgan fingerprint density at radius 1 is 1.30 bits per heavy atom. The molecule has 0 amide bonds. The molecule has 0 radical (unpaired) electrons. The van der Waals surface area contributed by atoms with Crippen molar-refractivity contribution < 1.29 is 14.3 Å². The molecule has 0 saturated heterocycles. The molecule has 0 saturated carbocycles. The zero-order valence-electron chi connectivity index (χ0n) is 10.4. The van der Waals surface area contributed by atoms with E-state index in [-0.39, 0.29) is 11.5 Å². The van der Waals surface area contributed by atoms with E-state index < -0.39 is 5.97 Å². The molecule has 3 aromatic rings. The van der Waals surface area contributed by atoms with Gasteiger partial charge in [0, 0.05) is 5.56 Å². The van der Waals surface area contributed by atoms with Crippen molar-refractivity contribution in [3.05, 3.63) is 41.0 Å². The second-order valence-corrected chi connectivity index (χ2v) is 5.28. The summed E-state index contributed by atoms with van der Waals surface area (Å²) in [6.07, 6.45) is 1.67. The van der Waals surface area contributed by atoms with E-state index >= 15 is 0 Å². The lowest BCUT2D eigenvalue weighted by Gasteiger charge is -1.96.